The van der Waals surface area contributed by atoms with Gasteiger partial charge in [-0.25, -0.2) is 0 Å². The van der Waals surface area contributed by atoms with E-state index in [1.165, 1.54) is 13.8 Å². The Balaban J connectivity index is 1.98. The molecule has 1 aliphatic rings. The Morgan fingerprint density at radius 2 is 1.32 bits per heavy atom. The Labute approximate surface area is 196 Å². The van der Waals surface area contributed by atoms with Crippen LogP contribution < -0.4 is 4.74 Å². The van der Waals surface area contributed by atoms with Crippen molar-refractivity contribution in [3.05, 3.63) is 42.5 Å². The molecule has 1 heterocycles. The van der Waals surface area contributed by atoms with Crippen LogP contribution in [0.4, 0.5) is 0 Å². The van der Waals surface area contributed by atoms with E-state index in [4.69, 9.17) is 28.4 Å². The van der Waals surface area contributed by atoms with E-state index in [0.29, 0.717) is 5.75 Å². The molecule has 0 bridgehead atoms. The molecule has 0 radical (unpaired) electrons. The first-order chi connectivity index (χ1) is 16.1. The van der Waals surface area contributed by atoms with Crippen LogP contribution in [0.2, 0.25) is 0 Å². The normalized spacial score (nSPS) is 24.1. The molecule has 0 saturated carbocycles. The van der Waals surface area contributed by atoms with Gasteiger partial charge in [0.2, 0.25) is 12.4 Å². The van der Waals surface area contributed by atoms with Crippen LogP contribution in [0.1, 0.15) is 27.7 Å². The van der Waals surface area contributed by atoms with Crippen molar-refractivity contribution in [2.24, 2.45) is 0 Å². The van der Waals surface area contributed by atoms with Crippen LogP contribution in [-0.4, -0.2) is 61.2 Å². The van der Waals surface area contributed by atoms with Crippen LogP contribution in [0, 0.1) is 0 Å². The Hall–Kier alpha value is -3.66. The van der Waals surface area contributed by atoms with Crippen molar-refractivity contribution in [3.63, 3.8) is 0 Å². The van der Waals surface area contributed by atoms with Gasteiger partial charge in [-0.05, 0) is 22.9 Å². The third-order valence-electron chi connectivity index (χ3n) is 4.92. The van der Waals surface area contributed by atoms with E-state index in [9.17, 15) is 19.2 Å². The summed E-state index contributed by atoms with van der Waals surface area (Å²) in [5.41, 5.74) is 0. The second-order valence-electron chi connectivity index (χ2n) is 7.69. The molecule has 10 heteroatoms. The Morgan fingerprint density at radius 3 is 1.94 bits per heavy atom. The van der Waals surface area contributed by atoms with E-state index in [-0.39, 0.29) is 6.61 Å². The molecule has 1 fully saturated rings. The first-order valence-electron chi connectivity index (χ1n) is 10.6. The molecule has 10 nitrogen and oxygen atoms in total. The molecule has 3 rings (SSSR count). The molecule has 1 aliphatic heterocycles. The van der Waals surface area contributed by atoms with Gasteiger partial charge in [-0.15, -0.1) is 0 Å². The molecule has 0 N–H and O–H groups in total. The summed E-state index contributed by atoms with van der Waals surface area (Å²) in [6.45, 7) is 4.37. The molecule has 1 saturated heterocycles. The fourth-order valence-corrected chi connectivity index (χ4v) is 3.66. The van der Waals surface area contributed by atoms with E-state index in [1.54, 1.807) is 12.1 Å². The predicted octanol–water partition coefficient (Wildman–Crippen LogP) is 2.30. The molecule has 2 aromatic rings. The first kappa shape index (κ1) is 25.0. The molecule has 0 aromatic heterocycles. The number of carbonyl (C=O) groups is 4. The summed E-state index contributed by atoms with van der Waals surface area (Å²) < 4.78 is 33.1. The zero-order chi connectivity index (χ0) is 24.8. The second-order valence-corrected chi connectivity index (χ2v) is 7.69. The van der Waals surface area contributed by atoms with Crippen molar-refractivity contribution in [3.8, 4) is 5.75 Å². The third kappa shape index (κ3) is 6.44. The highest BCUT2D eigenvalue weighted by Crippen LogP contribution is 2.31. The number of benzene rings is 2. The zero-order valence-electron chi connectivity index (χ0n) is 19.2. The average molecular weight is 474 g/mol. The van der Waals surface area contributed by atoms with Crippen molar-refractivity contribution in [1.29, 1.82) is 0 Å². The molecule has 0 amide bonds. The minimum Gasteiger partial charge on any atom is -0.463 e. The lowest BCUT2D eigenvalue weighted by Gasteiger charge is -2.43. The lowest BCUT2D eigenvalue weighted by molar-refractivity contribution is -0.288. The van der Waals surface area contributed by atoms with Crippen molar-refractivity contribution >= 4 is 34.6 Å². The third-order valence-corrected chi connectivity index (χ3v) is 4.92. The maximum atomic E-state index is 11.9. The zero-order valence-corrected chi connectivity index (χ0v) is 19.2. The molecule has 5 atom stereocenters. The van der Waals surface area contributed by atoms with Gasteiger partial charge in [0.25, 0.3) is 0 Å². The Kier molecular flexibility index (Phi) is 8.06. The Morgan fingerprint density at radius 1 is 0.735 bits per heavy atom. The first-order valence-corrected chi connectivity index (χ1v) is 10.6. The Bertz CT molecular complexity index is 1060. The summed E-state index contributed by atoms with van der Waals surface area (Å²) in [5.74, 6) is -2.31. The van der Waals surface area contributed by atoms with Crippen LogP contribution >= 0.6 is 0 Å². The van der Waals surface area contributed by atoms with Gasteiger partial charge in [-0.2, -0.15) is 0 Å². The van der Waals surface area contributed by atoms with E-state index >= 15 is 0 Å². The summed E-state index contributed by atoms with van der Waals surface area (Å²) in [6, 6.07) is 12.9. The van der Waals surface area contributed by atoms with Crippen molar-refractivity contribution in [1.82, 2.24) is 0 Å². The van der Waals surface area contributed by atoms with Crippen LogP contribution in [-0.2, 0) is 42.9 Å². The highest BCUT2D eigenvalue weighted by Gasteiger charge is 2.53. The van der Waals surface area contributed by atoms with Crippen LogP contribution in [0.25, 0.3) is 10.8 Å². The molecule has 0 aliphatic carbocycles. The van der Waals surface area contributed by atoms with E-state index in [2.05, 4.69) is 0 Å². The van der Waals surface area contributed by atoms with E-state index < -0.39 is 54.6 Å². The minimum atomic E-state index is -1.29. The summed E-state index contributed by atoms with van der Waals surface area (Å²) in [5, 5.41) is 1.88. The van der Waals surface area contributed by atoms with Crippen molar-refractivity contribution < 1.29 is 47.6 Å². The smallest absolute Gasteiger partial charge is 0.303 e. The average Bonchev–Trinajstić information content (AvgIpc) is 2.75. The van der Waals surface area contributed by atoms with Gasteiger partial charge in [0, 0.05) is 27.7 Å². The number of rotatable bonds is 7. The molecule has 182 valence electrons. The maximum Gasteiger partial charge on any atom is 0.303 e. The predicted molar refractivity (Wildman–Crippen MR) is 117 cm³/mol. The summed E-state index contributed by atoms with van der Waals surface area (Å²) in [6.07, 6.45) is -6.16. The highest BCUT2D eigenvalue weighted by atomic mass is 16.7. The van der Waals surface area contributed by atoms with Gasteiger partial charge in [0.15, 0.2) is 12.2 Å². The topological polar surface area (TPSA) is 124 Å². The summed E-state index contributed by atoms with van der Waals surface area (Å²) in [7, 11) is 0. The number of hydrogen-bond acceptors (Lipinski definition) is 10. The van der Waals surface area contributed by atoms with Gasteiger partial charge in [0.05, 0.1) is 0 Å². The number of ether oxygens (including phenoxy) is 6. The monoisotopic (exact) mass is 474 g/mol. The standard InChI is InChI=1S/C24H26O10/c1-13(25)29-12-20-21(30-14(2)26)22(31-15(3)27)23(32-16(4)28)24(34-20)33-19-10-9-17-7-5-6-8-18(17)11-19/h5-11,20-24H,12H2,1-4H3. The van der Waals surface area contributed by atoms with Crippen LogP contribution in [0.15, 0.2) is 42.5 Å². The summed E-state index contributed by atoms with van der Waals surface area (Å²) >= 11 is 0. The van der Waals surface area contributed by atoms with E-state index in [0.717, 1.165) is 24.6 Å². The SMILES string of the molecule is CC(=O)OCC1OC(Oc2ccc3ccccc3c2)C(OC(C)=O)C(OC(C)=O)C1OC(C)=O. The van der Waals surface area contributed by atoms with Gasteiger partial charge >= 0.3 is 23.9 Å². The van der Waals surface area contributed by atoms with Gasteiger partial charge in [-0.3, -0.25) is 19.2 Å². The molecular formula is C24H26O10. The highest BCUT2D eigenvalue weighted by molar-refractivity contribution is 5.83. The molecule has 5 unspecified atom stereocenters. The largest absolute Gasteiger partial charge is 0.463 e. The van der Waals surface area contributed by atoms with Crippen molar-refractivity contribution in [2.75, 3.05) is 6.61 Å². The lowest BCUT2D eigenvalue weighted by Crippen LogP contribution is -2.63. The maximum absolute atomic E-state index is 11.9. The fraction of sp³-hybridized carbons (Fsp3) is 0.417. The van der Waals surface area contributed by atoms with Gasteiger partial charge < -0.3 is 28.4 Å². The molecule has 2 aromatic carbocycles. The number of esters is 4. The second kappa shape index (κ2) is 11.0. The number of hydrogen-bond donors (Lipinski definition) is 0. The number of fused-ring (bicyclic) bond motifs is 1. The van der Waals surface area contributed by atoms with Crippen LogP contribution in [0.3, 0.4) is 0 Å². The van der Waals surface area contributed by atoms with Crippen LogP contribution in [0.5, 0.6) is 5.75 Å². The van der Waals surface area contributed by atoms with Gasteiger partial charge in [-0.1, -0.05) is 30.3 Å². The van der Waals surface area contributed by atoms with E-state index in [1.807, 2.05) is 30.3 Å². The molecule has 34 heavy (non-hydrogen) atoms. The number of carbonyl (C=O) groups excluding carboxylic acids is 4. The quantitative estimate of drug-likeness (QED) is 0.436. The van der Waals surface area contributed by atoms with Crippen molar-refractivity contribution in [2.45, 2.75) is 58.4 Å². The fourth-order valence-electron chi connectivity index (χ4n) is 3.66. The minimum absolute atomic E-state index is 0.324. The molecule has 0 spiro atoms. The summed E-state index contributed by atoms with van der Waals surface area (Å²) in [4.78, 5) is 47.0. The molecular weight excluding hydrogens is 448 g/mol. The lowest BCUT2D eigenvalue weighted by atomic mass is 9.98. The van der Waals surface area contributed by atoms with Gasteiger partial charge in [0.1, 0.15) is 18.5 Å².